The smallest absolute Gasteiger partial charge is 0.244 e. The van der Waals surface area contributed by atoms with Gasteiger partial charge >= 0.3 is 0 Å². The van der Waals surface area contributed by atoms with Gasteiger partial charge in [-0.05, 0) is 35.9 Å². The predicted molar refractivity (Wildman–Crippen MR) is 123 cm³/mol. The van der Waals surface area contributed by atoms with Crippen molar-refractivity contribution in [1.29, 1.82) is 0 Å². The lowest BCUT2D eigenvalue weighted by molar-refractivity contribution is 1.13. The number of hydrogen-bond acceptors (Lipinski definition) is 4. The van der Waals surface area contributed by atoms with Crippen molar-refractivity contribution >= 4 is 39.7 Å². The molecule has 4 aromatic rings. The Hall–Kier alpha value is -3.02. The maximum absolute atomic E-state index is 6.03. The van der Waals surface area contributed by atoms with Crippen LogP contribution in [0.1, 0.15) is 5.56 Å². The molecular formula is C23H16BrClN4. The number of nitrogens with one attached hydrogen (secondary N) is 1. The van der Waals surface area contributed by atoms with Gasteiger partial charge in [0.25, 0.3) is 0 Å². The van der Waals surface area contributed by atoms with Gasteiger partial charge in [-0.2, -0.15) is 5.10 Å². The number of rotatable bonds is 5. The molecule has 0 fully saturated rings. The second-order valence-corrected chi connectivity index (χ2v) is 7.61. The molecule has 0 spiro atoms. The minimum absolute atomic E-state index is 0.421. The molecule has 29 heavy (non-hydrogen) atoms. The molecular weight excluding hydrogens is 448 g/mol. The van der Waals surface area contributed by atoms with Crippen LogP contribution in [0, 0.1) is 0 Å². The molecule has 1 aromatic heterocycles. The molecule has 0 saturated carbocycles. The lowest BCUT2D eigenvalue weighted by Crippen LogP contribution is -2.00. The Balaban J connectivity index is 1.67. The van der Waals surface area contributed by atoms with Gasteiger partial charge in [-0.25, -0.2) is 15.4 Å². The molecule has 0 saturated heterocycles. The van der Waals surface area contributed by atoms with Crippen LogP contribution in [-0.2, 0) is 0 Å². The van der Waals surface area contributed by atoms with E-state index in [1.165, 1.54) is 0 Å². The fourth-order valence-corrected chi connectivity index (χ4v) is 3.13. The van der Waals surface area contributed by atoms with Crippen molar-refractivity contribution in [1.82, 2.24) is 9.97 Å². The fourth-order valence-electron chi connectivity index (χ4n) is 2.74. The van der Waals surface area contributed by atoms with Crippen molar-refractivity contribution in [3.05, 3.63) is 100.0 Å². The third-order valence-electron chi connectivity index (χ3n) is 4.18. The summed E-state index contributed by atoms with van der Waals surface area (Å²) >= 11 is 9.45. The Morgan fingerprint density at radius 1 is 0.793 bits per heavy atom. The first kappa shape index (κ1) is 19.3. The first-order chi connectivity index (χ1) is 14.2. The number of nitrogens with zero attached hydrogens (tertiary/aromatic N) is 3. The maximum Gasteiger partial charge on any atom is 0.244 e. The molecule has 4 rings (SSSR count). The van der Waals surface area contributed by atoms with Crippen molar-refractivity contribution in [3.63, 3.8) is 0 Å². The summed E-state index contributed by atoms with van der Waals surface area (Å²) in [5.74, 6) is 0.421. The summed E-state index contributed by atoms with van der Waals surface area (Å²) in [4.78, 5) is 9.24. The fraction of sp³-hybridized carbons (Fsp3) is 0. The lowest BCUT2D eigenvalue weighted by Gasteiger charge is -2.08. The van der Waals surface area contributed by atoms with Crippen LogP contribution >= 0.6 is 27.5 Å². The Bertz CT molecular complexity index is 1130. The minimum Gasteiger partial charge on any atom is -0.245 e. The van der Waals surface area contributed by atoms with Gasteiger partial charge in [0.1, 0.15) is 0 Å². The van der Waals surface area contributed by atoms with Gasteiger partial charge < -0.3 is 0 Å². The van der Waals surface area contributed by atoms with Gasteiger partial charge in [0.2, 0.25) is 5.95 Å². The number of aromatic nitrogens is 2. The molecule has 0 bridgehead atoms. The van der Waals surface area contributed by atoms with E-state index in [-0.39, 0.29) is 0 Å². The highest BCUT2D eigenvalue weighted by Gasteiger charge is 2.08. The lowest BCUT2D eigenvalue weighted by atomic mass is 10.1. The zero-order valence-electron chi connectivity index (χ0n) is 15.3. The van der Waals surface area contributed by atoms with Gasteiger partial charge in [-0.15, -0.1) is 0 Å². The highest BCUT2D eigenvalue weighted by Crippen LogP contribution is 2.26. The maximum atomic E-state index is 6.03. The number of halogens is 2. The number of anilines is 1. The van der Waals surface area contributed by atoms with Gasteiger partial charge in [0.15, 0.2) is 0 Å². The van der Waals surface area contributed by atoms with Crippen LogP contribution in [-0.4, -0.2) is 16.2 Å². The quantitative estimate of drug-likeness (QED) is 0.265. The summed E-state index contributed by atoms with van der Waals surface area (Å²) < 4.78 is 1.02. The van der Waals surface area contributed by atoms with Crippen LogP contribution in [0.3, 0.4) is 0 Å². The van der Waals surface area contributed by atoms with Crippen molar-refractivity contribution in [3.8, 4) is 22.5 Å². The van der Waals surface area contributed by atoms with Crippen molar-refractivity contribution < 1.29 is 0 Å². The summed E-state index contributed by atoms with van der Waals surface area (Å²) in [7, 11) is 0. The molecule has 0 radical (unpaired) electrons. The van der Waals surface area contributed by atoms with Gasteiger partial charge in [-0.3, -0.25) is 0 Å². The number of hydrogen-bond donors (Lipinski definition) is 1. The SMILES string of the molecule is Clc1ccc(-c2cc(-c3ccccc3)nc(N/N=C/c3ccc(Br)cc3)n2)cc1. The van der Waals surface area contributed by atoms with E-state index in [2.05, 4.69) is 36.4 Å². The standard InChI is InChI=1S/C23H16BrClN4/c24-19-10-6-16(7-11-19)15-26-29-23-27-21(17-4-2-1-3-5-17)14-22(28-23)18-8-12-20(25)13-9-18/h1-15H,(H,27,28,29)/b26-15+. The van der Waals surface area contributed by atoms with Crippen LogP contribution in [0.5, 0.6) is 0 Å². The number of benzene rings is 3. The average Bonchev–Trinajstić information content (AvgIpc) is 2.76. The molecule has 1 heterocycles. The van der Waals surface area contributed by atoms with Crippen molar-refractivity contribution in [2.45, 2.75) is 0 Å². The molecule has 142 valence electrons. The Morgan fingerprint density at radius 2 is 1.41 bits per heavy atom. The first-order valence-electron chi connectivity index (χ1n) is 8.92. The summed E-state index contributed by atoms with van der Waals surface area (Å²) in [6, 6.07) is 27.4. The van der Waals surface area contributed by atoms with E-state index in [1.54, 1.807) is 6.21 Å². The highest BCUT2D eigenvalue weighted by molar-refractivity contribution is 9.10. The summed E-state index contributed by atoms with van der Waals surface area (Å²) in [5, 5.41) is 4.97. The molecule has 0 aliphatic carbocycles. The van der Waals surface area contributed by atoms with E-state index in [4.69, 9.17) is 11.6 Å². The van der Waals surface area contributed by atoms with E-state index < -0.39 is 0 Å². The molecule has 1 N–H and O–H groups in total. The summed E-state index contributed by atoms with van der Waals surface area (Å²) in [6.07, 6.45) is 1.73. The average molecular weight is 464 g/mol. The van der Waals surface area contributed by atoms with Gasteiger partial charge in [0, 0.05) is 20.6 Å². The van der Waals surface area contributed by atoms with Crippen LogP contribution < -0.4 is 5.43 Å². The Morgan fingerprint density at radius 3 is 2.07 bits per heavy atom. The largest absolute Gasteiger partial charge is 0.245 e. The molecule has 0 atom stereocenters. The van der Waals surface area contributed by atoms with Crippen molar-refractivity contribution in [2.75, 3.05) is 5.43 Å². The first-order valence-corrected chi connectivity index (χ1v) is 10.1. The second-order valence-electron chi connectivity index (χ2n) is 6.26. The zero-order valence-corrected chi connectivity index (χ0v) is 17.6. The van der Waals surface area contributed by atoms with Crippen LogP contribution in [0.2, 0.25) is 5.02 Å². The van der Waals surface area contributed by atoms with E-state index >= 15 is 0 Å². The molecule has 6 heteroatoms. The second kappa shape index (κ2) is 8.99. The minimum atomic E-state index is 0.421. The third-order valence-corrected chi connectivity index (χ3v) is 4.96. The van der Waals surface area contributed by atoms with E-state index in [1.807, 2.05) is 84.9 Å². The molecule has 0 unspecified atom stereocenters. The number of hydrazone groups is 1. The van der Waals surface area contributed by atoms with E-state index in [0.717, 1.165) is 32.6 Å². The van der Waals surface area contributed by atoms with Crippen LogP contribution in [0.4, 0.5) is 5.95 Å². The topological polar surface area (TPSA) is 50.2 Å². The van der Waals surface area contributed by atoms with Gasteiger partial charge in [0.05, 0.1) is 17.6 Å². The molecule has 0 amide bonds. The third kappa shape index (κ3) is 5.08. The van der Waals surface area contributed by atoms with E-state index in [0.29, 0.717) is 11.0 Å². The van der Waals surface area contributed by atoms with Gasteiger partial charge in [-0.1, -0.05) is 82.1 Å². The molecule has 0 aliphatic rings. The Kier molecular flexibility index (Phi) is 5.98. The van der Waals surface area contributed by atoms with Crippen LogP contribution in [0.15, 0.2) is 94.5 Å². The zero-order chi connectivity index (χ0) is 20.1. The monoisotopic (exact) mass is 462 g/mol. The highest BCUT2D eigenvalue weighted by atomic mass is 79.9. The van der Waals surface area contributed by atoms with Crippen LogP contribution in [0.25, 0.3) is 22.5 Å². The van der Waals surface area contributed by atoms with E-state index in [9.17, 15) is 0 Å². The molecule has 3 aromatic carbocycles. The normalized spacial score (nSPS) is 11.0. The summed E-state index contributed by atoms with van der Waals surface area (Å²) in [6.45, 7) is 0. The Labute approximate surface area is 182 Å². The van der Waals surface area contributed by atoms with Crippen molar-refractivity contribution in [2.24, 2.45) is 5.10 Å². The predicted octanol–water partition coefficient (Wildman–Crippen LogP) is 6.67. The molecule has 4 nitrogen and oxygen atoms in total. The summed E-state index contributed by atoms with van der Waals surface area (Å²) in [5.41, 5.74) is 7.48. The molecule has 0 aliphatic heterocycles.